The Labute approximate surface area is 78.0 Å². The molecule has 0 aliphatic rings. The SMILES string of the molecule is CCS(=O)(=O)N[C@H](C)c1ccco1. The summed E-state index contributed by atoms with van der Waals surface area (Å²) in [6.07, 6.45) is 1.52. The molecule has 0 aliphatic heterocycles. The first-order valence-electron chi connectivity index (χ1n) is 4.08. The molecule has 4 nitrogen and oxygen atoms in total. The molecule has 0 aliphatic carbocycles. The molecule has 1 N–H and O–H groups in total. The molecule has 0 saturated carbocycles. The molecule has 1 heterocycles. The number of sulfonamides is 1. The van der Waals surface area contributed by atoms with Gasteiger partial charge in [-0.15, -0.1) is 0 Å². The molecule has 13 heavy (non-hydrogen) atoms. The van der Waals surface area contributed by atoms with Gasteiger partial charge in [-0.3, -0.25) is 0 Å². The van der Waals surface area contributed by atoms with Crippen molar-refractivity contribution in [1.29, 1.82) is 0 Å². The van der Waals surface area contributed by atoms with Crippen molar-refractivity contribution >= 4 is 10.0 Å². The summed E-state index contributed by atoms with van der Waals surface area (Å²) < 4.78 is 29.8. The molecule has 5 heteroatoms. The predicted octanol–water partition coefficient (Wildman–Crippen LogP) is 1.28. The van der Waals surface area contributed by atoms with E-state index >= 15 is 0 Å². The number of furan rings is 1. The maximum Gasteiger partial charge on any atom is 0.211 e. The molecule has 0 saturated heterocycles. The molecule has 0 bridgehead atoms. The maximum absolute atomic E-state index is 11.2. The van der Waals surface area contributed by atoms with Crippen LogP contribution in [0.4, 0.5) is 0 Å². The van der Waals surface area contributed by atoms with Crippen LogP contribution in [0.25, 0.3) is 0 Å². The highest BCUT2D eigenvalue weighted by molar-refractivity contribution is 7.89. The predicted molar refractivity (Wildman–Crippen MR) is 49.7 cm³/mol. The van der Waals surface area contributed by atoms with Crippen molar-refractivity contribution in [2.45, 2.75) is 19.9 Å². The minimum Gasteiger partial charge on any atom is -0.468 e. The average molecular weight is 203 g/mol. The van der Waals surface area contributed by atoms with E-state index in [-0.39, 0.29) is 11.8 Å². The number of hydrogen-bond donors (Lipinski definition) is 1. The Hall–Kier alpha value is -0.810. The summed E-state index contributed by atoms with van der Waals surface area (Å²) >= 11 is 0. The molecule has 0 fully saturated rings. The Morgan fingerprint density at radius 1 is 1.62 bits per heavy atom. The molecule has 1 aromatic rings. The van der Waals surface area contributed by atoms with Crippen molar-refractivity contribution in [3.63, 3.8) is 0 Å². The van der Waals surface area contributed by atoms with Gasteiger partial charge in [0.25, 0.3) is 0 Å². The first-order valence-corrected chi connectivity index (χ1v) is 5.74. The van der Waals surface area contributed by atoms with Crippen LogP contribution < -0.4 is 4.72 Å². The Morgan fingerprint density at radius 3 is 2.77 bits per heavy atom. The van der Waals surface area contributed by atoms with Crippen molar-refractivity contribution in [2.24, 2.45) is 0 Å². The average Bonchev–Trinajstić information content (AvgIpc) is 2.55. The summed E-state index contributed by atoms with van der Waals surface area (Å²) in [4.78, 5) is 0. The van der Waals surface area contributed by atoms with E-state index in [1.165, 1.54) is 6.26 Å². The standard InChI is InChI=1S/C8H13NO3S/c1-3-13(10,11)9-7(2)8-5-4-6-12-8/h4-7,9H,3H2,1-2H3/t7-/m1/s1. The van der Waals surface area contributed by atoms with Gasteiger partial charge in [0.2, 0.25) is 10.0 Å². The third-order valence-corrected chi connectivity index (χ3v) is 3.18. The molecule has 0 aromatic carbocycles. The first kappa shape index (κ1) is 10.3. The molecule has 74 valence electrons. The van der Waals surface area contributed by atoms with Gasteiger partial charge in [0.05, 0.1) is 18.1 Å². The summed E-state index contributed by atoms with van der Waals surface area (Å²) in [6.45, 7) is 3.34. The van der Waals surface area contributed by atoms with Crippen LogP contribution >= 0.6 is 0 Å². The highest BCUT2D eigenvalue weighted by atomic mass is 32.2. The second kappa shape index (κ2) is 3.93. The number of rotatable bonds is 4. The van der Waals surface area contributed by atoms with Crippen LogP contribution in [-0.2, 0) is 10.0 Å². The van der Waals surface area contributed by atoms with Gasteiger partial charge in [0, 0.05) is 0 Å². The third-order valence-electron chi connectivity index (χ3n) is 1.71. The van der Waals surface area contributed by atoms with E-state index in [0.29, 0.717) is 5.76 Å². The monoisotopic (exact) mass is 203 g/mol. The van der Waals surface area contributed by atoms with Crippen molar-refractivity contribution in [1.82, 2.24) is 4.72 Å². The van der Waals surface area contributed by atoms with Crippen LogP contribution in [-0.4, -0.2) is 14.2 Å². The van der Waals surface area contributed by atoms with E-state index in [2.05, 4.69) is 4.72 Å². The molecule has 1 rings (SSSR count). The summed E-state index contributed by atoms with van der Waals surface area (Å²) in [5.74, 6) is 0.704. The summed E-state index contributed by atoms with van der Waals surface area (Å²) in [7, 11) is -3.15. The minimum absolute atomic E-state index is 0.0814. The minimum atomic E-state index is -3.15. The fourth-order valence-electron chi connectivity index (χ4n) is 0.948. The van der Waals surface area contributed by atoms with Gasteiger partial charge in [0.1, 0.15) is 5.76 Å². The Bertz CT molecular complexity index is 341. The van der Waals surface area contributed by atoms with Crippen LogP contribution in [0.2, 0.25) is 0 Å². The topological polar surface area (TPSA) is 59.3 Å². The van der Waals surface area contributed by atoms with E-state index in [0.717, 1.165) is 0 Å². The fourth-order valence-corrected chi connectivity index (χ4v) is 1.77. The van der Waals surface area contributed by atoms with E-state index < -0.39 is 10.0 Å². The molecule has 0 unspecified atom stereocenters. The Morgan fingerprint density at radius 2 is 2.31 bits per heavy atom. The number of nitrogens with one attached hydrogen (secondary N) is 1. The Balaban J connectivity index is 2.67. The highest BCUT2D eigenvalue weighted by Gasteiger charge is 2.14. The van der Waals surface area contributed by atoms with Gasteiger partial charge < -0.3 is 4.42 Å². The van der Waals surface area contributed by atoms with Gasteiger partial charge in [-0.2, -0.15) is 0 Å². The van der Waals surface area contributed by atoms with Crippen LogP contribution in [0.3, 0.4) is 0 Å². The van der Waals surface area contributed by atoms with Crippen LogP contribution in [0.15, 0.2) is 22.8 Å². The molecule has 1 aromatic heterocycles. The second-order valence-corrected chi connectivity index (χ2v) is 4.80. The van der Waals surface area contributed by atoms with Crippen molar-refractivity contribution in [3.05, 3.63) is 24.2 Å². The lowest BCUT2D eigenvalue weighted by molar-refractivity contribution is 0.459. The Kier molecular flexibility index (Phi) is 3.11. The van der Waals surface area contributed by atoms with E-state index in [1.807, 2.05) is 0 Å². The second-order valence-electron chi connectivity index (χ2n) is 2.76. The van der Waals surface area contributed by atoms with Crippen LogP contribution in [0.1, 0.15) is 25.6 Å². The van der Waals surface area contributed by atoms with Gasteiger partial charge in [-0.05, 0) is 26.0 Å². The lowest BCUT2D eigenvalue weighted by Gasteiger charge is -2.09. The molecule has 1 atom stereocenters. The van der Waals surface area contributed by atoms with Gasteiger partial charge >= 0.3 is 0 Å². The molecular formula is C8H13NO3S. The van der Waals surface area contributed by atoms with E-state index in [1.54, 1.807) is 26.0 Å². The van der Waals surface area contributed by atoms with Crippen LogP contribution in [0, 0.1) is 0 Å². The number of hydrogen-bond acceptors (Lipinski definition) is 3. The fraction of sp³-hybridized carbons (Fsp3) is 0.500. The zero-order chi connectivity index (χ0) is 9.90. The maximum atomic E-state index is 11.2. The smallest absolute Gasteiger partial charge is 0.211 e. The van der Waals surface area contributed by atoms with E-state index in [9.17, 15) is 8.42 Å². The molecule has 0 amide bonds. The van der Waals surface area contributed by atoms with Gasteiger partial charge in [-0.25, -0.2) is 13.1 Å². The van der Waals surface area contributed by atoms with Gasteiger partial charge in [-0.1, -0.05) is 0 Å². The normalized spacial score (nSPS) is 14.3. The van der Waals surface area contributed by atoms with Crippen molar-refractivity contribution in [2.75, 3.05) is 5.75 Å². The zero-order valence-corrected chi connectivity index (χ0v) is 8.47. The lowest BCUT2D eigenvalue weighted by Crippen LogP contribution is -2.27. The highest BCUT2D eigenvalue weighted by Crippen LogP contribution is 2.12. The third kappa shape index (κ3) is 2.86. The zero-order valence-electron chi connectivity index (χ0n) is 7.65. The summed E-state index contributed by atoms with van der Waals surface area (Å²) in [6, 6.07) is 3.16. The summed E-state index contributed by atoms with van der Waals surface area (Å²) in [5, 5.41) is 0. The quantitative estimate of drug-likeness (QED) is 0.801. The summed E-state index contributed by atoms with van der Waals surface area (Å²) in [5.41, 5.74) is 0. The van der Waals surface area contributed by atoms with Crippen molar-refractivity contribution in [3.8, 4) is 0 Å². The molecular weight excluding hydrogens is 190 g/mol. The van der Waals surface area contributed by atoms with Crippen LogP contribution in [0.5, 0.6) is 0 Å². The largest absolute Gasteiger partial charge is 0.468 e. The van der Waals surface area contributed by atoms with Crippen molar-refractivity contribution < 1.29 is 12.8 Å². The molecule has 0 spiro atoms. The van der Waals surface area contributed by atoms with E-state index in [4.69, 9.17) is 4.42 Å². The lowest BCUT2D eigenvalue weighted by atomic mass is 10.3. The van der Waals surface area contributed by atoms with Gasteiger partial charge in [0.15, 0.2) is 0 Å². The molecule has 0 radical (unpaired) electrons. The first-order chi connectivity index (χ1) is 6.05.